The molecule has 0 radical (unpaired) electrons. The normalized spacial score (nSPS) is 10.1. The van der Waals surface area contributed by atoms with Gasteiger partial charge in [0, 0.05) is 18.7 Å². The van der Waals surface area contributed by atoms with Crippen LogP contribution in [0.15, 0.2) is 48.5 Å². The van der Waals surface area contributed by atoms with Crippen LogP contribution in [0.4, 0.5) is 5.69 Å². The molecule has 0 unspecified atom stereocenters. The summed E-state index contributed by atoms with van der Waals surface area (Å²) < 4.78 is 11.1. The first-order valence-electron chi connectivity index (χ1n) is 9.06. The van der Waals surface area contributed by atoms with Crippen LogP contribution in [0.3, 0.4) is 0 Å². The monoisotopic (exact) mass is 370 g/mol. The molecule has 2 aromatic carbocycles. The Hall–Kier alpha value is -3.02. The molecule has 0 bridgehead atoms. The van der Waals surface area contributed by atoms with Gasteiger partial charge in [-0.25, -0.2) is 0 Å². The smallest absolute Gasteiger partial charge is 0.257 e. The van der Waals surface area contributed by atoms with E-state index in [0.29, 0.717) is 37.4 Å². The van der Waals surface area contributed by atoms with Crippen LogP contribution >= 0.6 is 0 Å². The topological polar surface area (TPSA) is 76.7 Å². The number of likely N-dealkylation sites (N-methyl/N-ethyl adjacent to an activating group) is 1. The molecule has 0 spiro atoms. The summed E-state index contributed by atoms with van der Waals surface area (Å²) in [6.45, 7) is 4.88. The highest BCUT2D eigenvalue weighted by Crippen LogP contribution is 2.17. The van der Waals surface area contributed by atoms with E-state index in [9.17, 15) is 9.59 Å². The van der Waals surface area contributed by atoms with Gasteiger partial charge in [-0.3, -0.25) is 9.59 Å². The first-order chi connectivity index (χ1) is 13.1. The summed E-state index contributed by atoms with van der Waals surface area (Å²) in [5, 5.41) is 5.49. The summed E-state index contributed by atoms with van der Waals surface area (Å²) >= 11 is 0. The second-order valence-corrected chi connectivity index (χ2v) is 6.03. The predicted molar refractivity (Wildman–Crippen MR) is 105 cm³/mol. The Balaban J connectivity index is 1.68. The van der Waals surface area contributed by atoms with E-state index >= 15 is 0 Å². The van der Waals surface area contributed by atoms with Crippen LogP contribution in [0.1, 0.15) is 25.3 Å². The molecule has 2 aromatic rings. The number of nitrogens with one attached hydrogen (secondary N) is 2. The minimum Gasteiger partial charge on any atom is -0.493 e. The van der Waals surface area contributed by atoms with Crippen molar-refractivity contribution in [2.75, 3.05) is 25.1 Å². The number of benzene rings is 2. The average molecular weight is 370 g/mol. The predicted octanol–water partition coefficient (Wildman–Crippen LogP) is 3.31. The van der Waals surface area contributed by atoms with Crippen LogP contribution in [-0.4, -0.2) is 31.6 Å². The average Bonchev–Trinajstić information content (AvgIpc) is 2.66. The number of carbonyl (C=O) groups excluding carboxylic acids is 2. The Morgan fingerprint density at radius 2 is 1.70 bits per heavy atom. The molecule has 6 heteroatoms. The molecule has 0 aromatic heterocycles. The molecule has 0 saturated heterocycles. The zero-order valence-corrected chi connectivity index (χ0v) is 15.8. The van der Waals surface area contributed by atoms with Crippen molar-refractivity contribution >= 4 is 17.5 Å². The number of anilines is 1. The van der Waals surface area contributed by atoms with E-state index in [1.807, 2.05) is 38.1 Å². The highest BCUT2D eigenvalue weighted by molar-refractivity contribution is 5.90. The highest BCUT2D eigenvalue weighted by Gasteiger charge is 2.05. The SMILES string of the molecule is CCNC(=O)COc1ccc(NC(=O)CCCOc2ccccc2C)cc1. The van der Waals surface area contributed by atoms with Crippen LogP contribution in [0.2, 0.25) is 0 Å². The zero-order valence-electron chi connectivity index (χ0n) is 15.8. The number of ether oxygens (including phenoxy) is 2. The van der Waals surface area contributed by atoms with Crippen LogP contribution in [0.25, 0.3) is 0 Å². The zero-order chi connectivity index (χ0) is 19.5. The van der Waals surface area contributed by atoms with Crippen molar-refractivity contribution in [2.24, 2.45) is 0 Å². The lowest BCUT2D eigenvalue weighted by molar-refractivity contribution is -0.123. The van der Waals surface area contributed by atoms with Gasteiger partial charge in [-0.05, 0) is 56.2 Å². The number of carbonyl (C=O) groups is 2. The van der Waals surface area contributed by atoms with Crippen LogP contribution in [-0.2, 0) is 9.59 Å². The lowest BCUT2D eigenvalue weighted by Gasteiger charge is -2.10. The maximum absolute atomic E-state index is 12.0. The summed E-state index contributed by atoms with van der Waals surface area (Å²) in [6.07, 6.45) is 1.01. The molecule has 144 valence electrons. The van der Waals surface area contributed by atoms with Gasteiger partial charge in [-0.1, -0.05) is 18.2 Å². The molecule has 0 aliphatic heterocycles. The fourth-order valence-electron chi connectivity index (χ4n) is 2.39. The van der Waals surface area contributed by atoms with E-state index in [1.165, 1.54) is 0 Å². The van der Waals surface area contributed by atoms with Gasteiger partial charge in [0.1, 0.15) is 11.5 Å². The van der Waals surface area contributed by atoms with Crippen molar-refractivity contribution in [1.29, 1.82) is 0 Å². The molecule has 0 aliphatic carbocycles. The van der Waals surface area contributed by atoms with Gasteiger partial charge in [-0.15, -0.1) is 0 Å². The molecule has 0 fully saturated rings. The van der Waals surface area contributed by atoms with Crippen LogP contribution < -0.4 is 20.1 Å². The number of rotatable bonds is 10. The van der Waals surface area contributed by atoms with Gasteiger partial charge in [0.15, 0.2) is 6.61 Å². The minimum absolute atomic E-state index is 0.0273. The molecule has 2 rings (SSSR count). The van der Waals surface area contributed by atoms with Crippen molar-refractivity contribution in [3.8, 4) is 11.5 Å². The van der Waals surface area contributed by atoms with Gasteiger partial charge in [0.05, 0.1) is 6.61 Å². The van der Waals surface area contributed by atoms with Crippen LogP contribution in [0.5, 0.6) is 11.5 Å². The van der Waals surface area contributed by atoms with E-state index in [1.54, 1.807) is 24.3 Å². The molecule has 6 nitrogen and oxygen atoms in total. The molecular formula is C21H26N2O4. The molecule has 0 aliphatic rings. The lowest BCUT2D eigenvalue weighted by atomic mass is 10.2. The standard InChI is InChI=1S/C21H26N2O4/c1-3-22-21(25)15-27-18-12-10-17(11-13-18)23-20(24)9-6-14-26-19-8-5-4-7-16(19)2/h4-5,7-8,10-13H,3,6,9,14-15H2,1-2H3,(H,22,25)(H,23,24). The third kappa shape index (κ3) is 7.40. The second-order valence-electron chi connectivity index (χ2n) is 6.03. The summed E-state index contributed by atoms with van der Waals surface area (Å²) in [4.78, 5) is 23.4. The van der Waals surface area contributed by atoms with Gasteiger partial charge < -0.3 is 20.1 Å². The van der Waals surface area contributed by atoms with Crippen molar-refractivity contribution < 1.29 is 19.1 Å². The van der Waals surface area contributed by atoms with Gasteiger partial charge >= 0.3 is 0 Å². The number of aryl methyl sites for hydroxylation is 1. The summed E-state index contributed by atoms with van der Waals surface area (Å²) in [5.74, 6) is 1.19. The van der Waals surface area contributed by atoms with Gasteiger partial charge in [0.2, 0.25) is 5.91 Å². The Labute approximate surface area is 159 Å². The summed E-state index contributed by atoms with van der Waals surface area (Å²) in [6, 6.07) is 14.7. The molecule has 2 amide bonds. The maximum atomic E-state index is 12.0. The minimum atomic E-state index is -0.164. The number of amides is 2. The molecule has 0 heterocycles. The summed E-state index contributed by atoms with van der Waals surface area (Å²) in [5.41, 5.74) is 1.77. The van der Waals surface area contributed by atoms with E-state index in [2.05, 4.69) is 10.6 Å². The molecule has 0 atom stereocenters. The second kappa shape index (κ2) is 10.9. The summed E-state index contributed by atoms with van der Waals surface area (Å²) in [7, 11) is 0. The highest BCUT2D eigenvalue weighted by atomic mass is 16.5. The Morgan fingerprint density at radius 3 is 2.41 bits per heavy atom. The molecule has 2 N–H and O–H groups in total. The van der Waals surface area contributed by atoms with E-state index in [-0.39, 0.29) is 18.4 Å². The first kappa shape index (κ1) is 20.3. The van der Waals surface area contributed by atoms with Crippen LogP contribution in [0, 0.1) is 6.92 Å². The molecular weight excluding hydrogens is 344 g/mol. The van der Waals surface area contributed by atoms with Crippen molar-refractivity contribution in [3.05, 3.63) is 54.1 Å². The maximum Gasteiger partial charge on any atom is 0.257 e. The largest absolute Gasteiger partial charge is 0.493 e. The lowest BCUT2D eigenvalue weighted by Crippen LogP contribution is -2.28. The number of hydrogen-bond acceptors (Lipinski definition) is 4. The third-order valence-corrected chi connectivity index (χ3v) is 3.78. The van der Waals surface area contributed by atoms with Gasteiger partial charge in [0.25, 0.3) is 5.91 Å². The fourth-order valence-corrected chi connectivity index (χ4v) is 2.39. The Kier molecular flexibility index (Phi) is 8.16. The number of hydrogen-bond donors (Lipinski definition) is 2. The molecule has 27 heavy (non-hydrogen) atoms. The Bertz CT molecular complexity index is 744. The Morgan fingerprint density at radius 1 is 0.963 bits per heavy atom. The first-order valence-corrected chi connectivity index (χ1v) is 9.06. The molecule has 0 saturated carbocycles. The van der Waals surface area contributed by atoms with E-state index in [0.717, 1.165) is 11.3 Å². The van der Waals surface area contributed by atoms with Crippen molar-refractivity contribution in [2.45, 2.75) is 26.7 Å². The van der Waals surface area contributed by atoms with E-state index in [4.69, 9.17) is 9.47 Å². The fraction of sp³-hybridized carbons (Fsp3) is 0.333. The van der Waals surface area contributed by atoms with Gasteiger partial charge in [-0.2, -0.15) is 0 Å². The third-order valence-electron chi connectivity index (χ3n) is 3.78. The number of para-hydroxylation sites is 1. The van der Waals surface area contributed by atoms with Crippen molar-refractivity contribution in [3.63, 3.8) is 0 Å². The quantitative estimate of drug-likeness (QED) is 0.629. The van der Waals surface area contributed by atoms with E-state index < -0.39 is 0 Å². The van der Waals surface area contributed by atoms with Crippen molar-refractivity contribution in [1.82, 2.24) is 5.32 Å².